The predicted molar refractivity (Wildman–Crippen MR) is 233 cm³/mol. The van der Waals surface area contributed by atoms with E-state index in [0.717, 1.165) is 19.3 Å². The monoisotopic (exact) mass is 710 g/mol. The van der Waals surface area contributed by atoms with Crippen LogP contribution in [0, 0.1) is 0 Å². The highest BCUT2D eigenvalue weighted by atomic mass is 15.1. The maximum Gasteiger partial charge on any atom is 0.221 e. The van der Waals surface area contributed by atoms with Crippen molar-refractivity contribution in [3.05, 3.63) is 188 Å². The smallest absolute Gasteiger partial charge is 0.192 e. The molecule has 7 aromatic carbocycles. The highest BCUT2D eigenvalue weighted by Crippen LogP contribution is 2.53. The van der Waals surface area contributed by atoms with Crippen molar-refractivity contribution < 1.29 is 4.57 Å². The van der Waals surface area contributed by atoms with Crippen LogP contribution in [0.3, 0.4) is 0 Å². The number of hydrogen-bond donors (Lipinski definition) is 0. The quantitative estimate of drug-likeness (QED) is 0.138. The van der Waals surface area contributed by atoms with Gasteiger partial charge in [0.1, 0.15) is 0 Å². The summed E-state index contributed by atoms with van der Waals surface area (Å²) < 4.78 is 2.66. The molecule has 0 fully saturated rings. The van der Waals surface area contributed by atoms with Gasteiger partial charge in [0.15, 0.2) is 11.7 Å². The molecule has 1 aromatic heterocycles. The molecule has 0 saturated heterocycles. The van der Waals surface area contributed by atoms with E-state index in [0.29, 0.717) is 0 Å². The summed E-state index contributed by atoms with van der Waals surface area (Å²) in [6.45, 7) is 9.65. The zero-order valence-corrected chi connectivity index (χ0v) is 32.4. The van der Waals surface area contributed by atoms with Crippen LogP contribution in [0.4, 0.5) is 0 Å². The zero-order valence-electron chi connectivity index (χ0n) is 32.4. The minimum absolute atomic E-state index is 0.0154. The van der Waals surface area contributed by atoms with E-state index in [1.165, 1.54) is 83.2 Å². The largest absolute Gasteiger partial charge is 0.221 e. The molecule has 0 radical (unpaired) electrons. The van der Waals surface area contributed by atoms with E-state index in [-0.39, 0.29) is 11.0 Å². The van der Waals surface area contributed by atoms with Crippen molar-refractivity contribution in [2.24, 2.45) is 0 Å². The van der Waals surface area contributed by atoms with E-state index in [1.807, 2.05) is 0 Å². The molecule has 0 saturated carbocycles. The minimum atomic E-state index is -0.0162. The number of benzene rings is 7. The Morgan fingerprint density at radius 1 is 0.400 bits per heavy atom. The van der Waals surface area contributed by atoms with Crippen molar-refractivity contribution in [3.8, 4) is 66.9 Å². The fourth-order valence-electron chi connectivity index (χ4n) is 9.80. The maximum absolute atomic E-state index is 2.66. The number of fused-ring (bicyclic) bond motifs is 5. The average Bonchev–Trinajstić information content (AvgIpc) is 3.27. The van der Waals surface area contributed by atoms with Crippen LogP contribution in [-0.2, 0) is 11.0 Å². The van der Waals surface area contributed by atoms with Crippen molar-refractivity contribution in [2.45, 2.75) is 57.9 Å². The fraction of sp³-hybridized carbons (Fsp3) is 0.167. The maximum atomic E-state index is 2.66. The van der Waals surface area contributed by atoms with E-state index in [4.69, 9.17) is 0 Å². The Morgan fingerprint density at radius 3 is 1.44 bits per heavy atom. The van der Waals surface area contributed by atoms with Gasteiger partial charge in [-0.15, -0.1) is 0 Å². The number of nitrogens with zero attached hydrogens (tertiary/aromatic N) is 1. The first-order chi connectivity index (χ1) is 27.0. The van der Waals surface area contributed by atoms with E-state index in [9.17, 15) is 0 Å². The van der Waals surface area contributed by atoms with Gasteiger partial charge in [-0.1, -0.05) is 148 Å². The molecule has 268 valence electrons. The van der Waals surface area contributed by atoms with Crippen molar-refractivity contribution in [2.75, 3.05) is 0 Å². The Balaban J connectivity index is 1.20. The molecule has 0 amide bonds. The molecule has 1 heteroatoms. The van der Waals surface area contributed by atoms with Crippen LogP contribution in [0.25, 0.3) is 77.7 Å². The summed E-state index contributed by atoms with van der Waals surface area (Å²) >= 11 is 0. The summed E-state index contributed by atoms with van der Waals surface area (Å²) in [5.74, 6) is 0. The second kappa shape index (κ2) is 14.0. The Kier molecular flexibility index (Phi) is 8.82. The van der Waals surface area contributed by atoms with E-state index in [2.05, 4.69) is 214 Å². The van der Waals surface area contributed by atoms with Gasteiger partial charge in [-0.05, 0) is 122 Å². The predicted octanol–water partition coefficient (Wildman–Crippen LogP) is 14.3. The second-order valence-electron chi connectivity index (χ2n) is 15.5. The molecule has 1 unspecified atom stereocenters. The van der Waals surface area contributed by atoms with Crippen LogP contribution in [0.5, 0.6) is 0 Å². The van der Waals surface area contributed by atoms with E-state index in [1.54, 1.807) is 0 Å². The molecule has 0 N–H and O–H groups in total. The molecule has 2 heterocycles. The van der Waals surface area contributed by atoms with Crippen LogP contribution >= 0.6 is 0 Å². The van der Waals surface area contributed by atoms with Crippen molar-refractivity contribution >= 4 is 10.8 Å². The molecule has 0 spiro atoms. The Hall–Kier alpha value is -6.05. The molecule has 0 aliphatic carbocycles. The molecule has 1 aliphatic rings. The number of aromatic nitrogens is 1. The summed E-state index contributed by atoms with van der Waals surface area (Å²) in [6.07, 6.45) is 5.60. The number of pyridine rings is 1. The molecule has 9 rings (SSSR count). The lowest BCUT2D eigenvalue weighted by atomic mass is 9.58. The second-order valence-corrected chi connectivity index (χ2v) is 15.5. The fourth-order valence-corrected chi connectivity index (χ4v) is 9.80. The minimum Gasteiger partial charge on any atom is -0.192 e. The Bertz CT molecular complexity index is 2670. The van der Waals surface area contributed by atoms with Gasteiger partial charge in [0.25, 0.3) is 0 Å². The van der Waals surface area contributed by atoms with E-state index >= 15 is 0 Å². The average molecular weight is 711 g/mol. The summed E-state index contributed by atoms with van der Waals surface area (Å²) in [4.78, 5) is 0. The van der Waals surface area contributed by atoms with Crippen molar-refractivity contribution in [1.82, 2.24) is 0 Å². The molecular weight excluding hydrogens is 663 g/mol. The highest BCUT2D eigenvalue weighted by Gasteiger charge is 2.58. The van der Waals surface area contributed by atoms with Crippen molar-refractivity contribution in [1.29, 1.82) is 0 Å². The molecule has 1 aliphatic heterocycles. The molecule has 55 heavy (non-hydrogen) atoms. The van der Waals surface area contributed by atoms with Gasteiger partial charge in [-0.3, -0.25) is 0 Å². The van der Waals surface area contributed by atoms with Crippen molar-refractivity contribution in [3.63, 3.8) is 0 Å². The lowest BCUT2D eigenvalue weighted by Gasteiger charge is -2.48. The van der Waals surface area contributed by atoms with Gasteiger partial charge < -0.3 is 0 Å². The summed E-state index contributed by atoms with van der Waals surface area (Å²) in [5, 5.41) is 2.61. The van der Waals surface area contributed by atoms with Gasteiger partial charge in [0.05, 0.1) is 16.4 Å². The molecule has 1 nitrogen and oxygen atoms in total. The third-order valence-corrected chi connectivity index (χ3v) is 13.0. The molecule has 1 atom stereocenters. The van der Waals surface area contributed by atoms with E-state index < -0.39 is 0 Å². The molecular formula is C54H48N+. The summed E-state index contributed by atoms with van der Waals surface area (Å²) in [5.41, 5.74) is 16.3. The lowest BCUT2D eigenvalue weighted by molar-refractivity contribution is -0.768. The Morgan fingerprint density at radius 2 is 0.855 bits per heavy atom. The number of hydrogen-bond acceptors (Lipinski definition) is 0. The Labute approximate surface area is 326 Å². The SMILES string of the molecule is CCC1(C)c2ccc(-c3cccc(-c4cc(-c5ccccc5)cc(-c5cccc(-c6ccccc6)c5)c4)c3)cc2-c2c3ccccc3cc[n+]2C1(CC)CC. The first-order valence-electron chi connectivity index (χ1n) is 20.0. The first-order valence-corrected chi connectivity index (χ1v) is 20.0. The van der Waals surface area contributed by atoms with Crippen LogP contribution in [0.2, 0.25) is 0 Å². The third-order valence-electron chi connectivity index (χ3n) is 13.0. The topological polar surface area (TPSA) is 3.88 Å². The van der Waals surface area contributed by atoms with Crippen LogP contribution < -0.4 is 4.57 Å². The van der Waals surface area contributed by atoms with Gasteiger partial charge in [-0.2, -0.15) is 4.57 Å². The highest BCUT2D eigenvalue weighted by molar-refractivity contribution is 5.95. The van der Waals surface area contributed by atoms with Crippen LogP contribution in [0.15, 0.2) is 182 Å². The van der Waals surface area contributed by atoms with Gasteiger partial charge >= 0.3 is 0 Å². The summed E-state index contributed by atoms with van der Waals surface area (Å²) in [7, 11) is 0. The lowest BCUT2D eigenvalue weighted by Crippen LogP contribution is -2.68. The van der Waals surface area contributed by atoms with Crippen LogP contribution in [0.1, 0.15) is 52.5 Å². The standard InChI is InChI=1S/C54H48N/c1-5-53(4)51-29-28-45(37-50(51)52-49-27-15-14-22-40(49)30-31-55(52)54(53,6-2)7-3)42-24-17-26-44(33-42)48-35-46(39-20-12-9-13-21-39)34-47(36-48)43-25-16-23-41(32-43)38-18-10-8-11-19-38/h8-37H,5-7H2,1-4H3/q+1. The zero-order chi connectivity index (χ0) is 37.6. The normalized spacial score (nSPS) is 15.7. The van der Waals surface area contributed by atoms with Gasteiger partial charge in [0, 0.05) is 18.9 Å². The first kappa shape index (κ1) is 34.7. The van der Waals surface area contributed by atoms with Gasteiger partial charge in [-0.25, -0.2) is 0 Å². The van der Waals surface area contributed by atoms with Gasteiger partial charge in [0.2, 0.25) is 5.69 Å². The van der Waals surface area contributed by atoms with Crippen LogP contribution in [-0.4, -0.2) is 0 Å². The third kappa shape index (κ3) is 5.73. The number of rotatable bonds is 8. The molecule has 8 aromatic rings. The molecule has 0 bridgehead atoms. The summed E-state index contributed by atoms with van der Waals surface area (Å²) in [6, 6.07) is 65.1.